The van der Waals surface area contributed by atoms with Crippen LogP contribution in [0.1, 0.15) is 24.8 Å². The van der Waals surface area contributed by atoms with Gasteiger partial charge < -0.3 is 0 Å². The topological polar surface area (TPSA) is 23.8 Å². The van der Waals surface area contributed by atoms with E-state index in [-0.39, 0.29) is 0 Å². The fraction of sp³-hybridized carbons (Fsp3) is 0.364. The number of nitriles is 1. The first-order valence-electron chi connectivity index (χ1n) is 4.29. The molecule has 0 fully saturated rings. The molecule has 0 aliphatic carbocycles. The van der Waals surface area contributed by atoms with E-state index in [2.05, 4.69) is 43.5 Å². The smallest absolute Gasteiger partial charge is 0.0628 e. The predicted octanol–water partition coefficient (Wildman–Crippen LogP) is 3.43. The maximum absolute atomic E-state index is 8.54. The fourth-order valence-corrected chi connectivity index (χ4v) is 1.60. The Morgan fingerprint density at radius 1 is 1.38 bits per heavy atom. The Morgan fingerprint density at radius 3 is 2.46 bits per heavy atom. The molecule has 0 aromatic heterocycles. The van der Waals surface area contributed by atoms with E-state index < -0.39 is 0 Å². The minimum Gasteiger partial charge on any atom is -0.198 e. The van der Waals surface area contributed by atoms with Crippen molar-refractivity contribution in [3.05, 3.63) is 29.8 Å². The Morgan fingerprint density at radius 2 is 2.00 bits per heavy atom. The summed E-state index contributed by atoms with van der Waals surface area (Å²) in [5, 5.41) is 8.54. The van der Waals surface area contributed by atoms with E-state index >= 15 is 0 Å². The van der Waals surface area contributed by atoms with Crippen molar-refractivity contribution in [1.29, 1.82) is 5.26 Å². The number of rotatable bonds is 3. The van der Waals surface area contributed by atoms with Gasteiger partial charge in [-0.25, -0.2) is 0 Å². The molecule has 1 unspecified atom stereocenters. The van der Waals surface area contributed by atoms with Crippen LogP contribution in [0.3, 0.4) is 0 Å². The largest absolute Gasteiger partial charge is 0.198 e. The fourth-order valence-electron chi connectivity index (χ4n) is 1.19. The van der Waals surface area contributed by atoms with Crippen LogP contribution < -0.4 is 0 Å². The van der Waals surface area contributed by atoms with Crippen molar-refractivity contribution in [3.8, 4) is 6.07 Å². The summed E-state index contributed by atoms with van der Waals surface area (Å²) in [6, 6.07) is 10.6. The SMILES string of the molecule is CSc1ccc(C(C)CC#N)cc1. The highest BCUT2D eigenvalue weighted by Gasteiger charge is 2.03. The third kappa shape index (κ3) is 2.78. The second-order valence-electron chi connectivity index (χ2n) is 3.04. The zero-order chi connectivity index (χ0) is 9.68. The van der Waals surface area contributed by atoms with Gasteiger partial charge in [0.1, 0.15) is 0 Å². The number of nitrogens with zero attached hydrogens (tertiary/aromatic N) is 1. The summed E-state index contributed by atoms with van der Waals surface area (Å²) < 4.78 is 0. The molecule has 13 heavy (non-hydrogen) atoms. The van der Waals surface area contributed by atoms with E-state index in [0.717, 1.165) is 0 Å². The summed E-state index contributed by atoms with van der Waals surface area (Å²) in [6.07, 6.45) is 2.66. The molecule has 0 N–H and O–H groups in total. The number of hydrogen-bond donors (Lipinski definition) is 0. The van der Waals surface area contributed by atoms with Crippen molar-refractivity contribution < 1.29 is 0 Å². The molecule has 0 saturated carbocycles. The lowest BCUT2D eigenvalue weighted by atomic mass is 9.99. The maximum Gasteiger partial charge on any atom is 0.0628 e. The van der Waals surface area contributed by atoms with Gasteiger partial charge in [-0.2, -0.15) is 5.26 Å². The summed E-state index contributed by atoms with van der Waals surface area (Å²) in [4.78, 5) is 1.27. The second kappa shape index (κ2) is 4.94. The molecule has 2 heteroatoms. The van der Waals surface area contributed by atoms with Crippen LogP contribution in [0.2, 0.25) is 0 Å². The molecule has 1 aromatic carbocycles. The van der Waals surface area contributed by atoms with E-state index in [1.165, 1.54) is 10.5 Å². The van der Waals surface area contributed by atoms with E-state index in [1.54, 1.807) is 11.8 Å². The minimum atomic E-state index is 0.348. The van der Waals surface area contributed by atoms with Gasteiger partial charge in [0.2, 0.25) is 0 Å². The van der Waals surface area contributed by atoms with E-state index in [1.807, 2.05) is 0 Å². The lowest BCUT2D eigenvalue weighted by Crippen LogP contribution is -1.90. The molecule has 0 aliphatic heterocycles. The van der Waals surface area contributed by atoms with Gasteiger partial charge in [-0.1, -0.05) is 19.1 Å². The molecular weight excluding hydrogens is 178 g/mol. The van der Waals surface area contributed by atoms with Gasteiger partial charge in [-0.15, -0.1) is 11.8 Å². The standard InChI is InChI=1S/C11H13NS/c1-9(7-8-12)10-3-5-11(13-2)6-4-10/h3-6,9H,7H2,1-2H3. The third-order valence-electron chi connectivity index (χ3n) is 2.08. The van der Waals surface area contributed by atoms with Gasteiger partial charge in [-0.05, 0) is 29.9 Å². The lowest BCUT2D eigenvalue weighted by Gasteiger charge is -2.07. The minimum absolute atomic E-state index is 0.348. The van der Waals surface area contributed by atoms with Crippen LogP contribution in [0.15, 0.2) is 29.2 Å². The zero-order valence-electron chi connectivity index (χ0n) is 7.95. The molecule has 0 bridgehead atoms. The van der Waals surface area contributed by atoms with Gasteiger partial charge in [0, 0.05) is 11.3 Å². The van der Waals surface area contributed by atoms with Crippen LogP contribution >= 0.6 is 11.8 Å². The maximum atomic E-state index is 8.54. The van der Waals surface area contributed by atoms with Crippen molar-refractivity contribution in [2.45, 2.75) is 24.2 Å². The highest BCUT2D eigenvalue weighted by molar-refractivity contribution is 7.98. The van der Waals surface area contributed by atoms with Crippen LogP contribution in [0.25, 0.3) is 0 Å². The molecule has 68 valence electrons. The van der Waals surface area contributed by atoms with E-state index in [4.69, 9.17) is 5.26 Å². The van der Waals surface area contributed by atoms with Crippen LogP contribution in [-0.2, 0) is 0 Å². The molecule has 1 atom stereocenters. The summed E-state index contributed by atoms with van der Waals surface area (Å²) in [5.74, 6) is 0.348. The molecular formula is C11H13NS. The van der Waals surface area contributed by atoms with E-state index in [9.17, 15) is 0 Å². The molecule has 0 amide bonds. The Balaban J connectivity index is 2.74. The van der Waals surface area contributed by atoms with Crippen LogP contribution in [0.4, 0.5) is 0 Å². The Labute approximate surface area is 83.8 Å². The first-order valence-corrected chi connectivity index (χ1v) is 5.51. The lowest BCUT2D eigenvalue weighted by molar-refractivity contribution is 0.788. The van der Waals surface area contributed by atoms with Crippen molar-refractivity contribution in [2.75, 3.05) is 6.26 Å². The molecule has 0 radical (unpaired) electrons. The highest BCUT2D eigenvalue weighted by atomic mass is 32.2. The monoisotopic (exact) mass is 191 g/mol. The van der Waals surface area contributed by atoms with Crippen LogP contribution in [0.5, 0.6) is 0 Å². The molecule has 1 rings (SSSR count). The third-order valence-corrected chi connectivity index (χ3v) is 2.83. The molecule has 1 nitrogen and oxygen atoms in total. The molecule has 1 aromatic rings. The highest BCUT2D eigenvalue weighted by Crippen LogP contribution is 2.21. The van der Waals surface area contributed by atoms with Gasteiger partial charge in [0.25, 0.3) is 0 Å². The van der Waals surface area contributed by atoms with Crippen molar-refractivity contribution >= 4 is 11.8 Å². The first kappa shape index (κ1) is 10.1. The predicted molar refractivity (Wildman–Crippen MR) is 56.9 cm³/mol. The molecule has 0 aliphatic rings. The molecule has 0 heterocycles. The average Bonchev–Trinajstić information content (AvgIpc) is 2.18. The number of thioether (sulfide) groups is 1. The van der Waals surface area contributed by atoms with Gasteiger partial charge in [0.15, 0.2) is 0 Å². The first-order chi connectivity index (χ1) is 6.27. The van der Waals surface area contributed by atoms with Gasteiger partial charge >= 0.3 is 0 Å². The Hall–Kier alpha value is -0.940. The number of hydrogen-bond acceptors (Lipinski definition) is 2. The van der Waals surface area contributed by atoms with Crippen molar-refractivity contribution in [3.63, 3.8) is 0 Å². The summed E-state index contributed by atoms with van der Waals surface area (Å²) in [7, 11) is 0. The summed E-state index contributed by atoms with van der Waals surface area (Å²) >= 11 is 1.74. The summed E-state index contributed by atoms with van der Waals surface area (Å²) in [5.41, 5.74) is 1.25. The molecule has 0 spiro atoms. The quantitative estimate of drug-likeness (QED) is 0.683. The summed E-state index contributed by atoms with van der Waals surface area (Å²) in [6.45, 7) is 2.08. The zero-order valence-corrected chi connectivity index (χ0v) is 8.77. The van der Waals surface area contributed by atoms with E-state index in [0.29, 0.717) is 12.3 Å². The van der Waals surface area contributed by atoms with Gasteiger partial charge in [-0.3, -0.25) is 0 Å². The average molecular weight is 191 g/mol. The Bertz CT molecular complexity index is 297. The number of benzene rings is 1. The Kier molecular flexibility index (Phi) is 3.85. The van der Waals surface area contributed by atoms with Crippen LogP contribution in [0, 0.1) is 11.3 Å². The van der Waals surface area contributed by atoms with Crippen molar-refractivity contribution in [1.82, 2.24) is 0 Å². The molecule has 0 saturated heterocycles. The normalized spacial score (nSPS) is 12.1. The van der Waals surface area contributed by atoms with Crippen molar-refractivity contribution in [2.24, 2.45) is 0 Å². The van der Waals surface area contributed by atoms with Crippen LogP contribution in [-0.4, -0.2) is 6.26 Å². The van der Waals surface area contributed by atoms with Gasteiger partial charge in [0.05, 0.1) is 6.07 Å². The second-order valence-corrected chi connectivity index (χ2v) is 3.92.